The minimum absolute atomic E-state index is 0.162. The molecule has 0 radical (unpaired) electrons. The summed E-state index contributed by atoms with van der Waals surface area (Å²) < 4.78 is 0. The first-order valence-electron chi connectivity index (χ1n) is 7.84. The van der Waals surface area contributed by atoms with Gasteiger partial charge in [-0.2, -0.15) is 0 Å². The van der Waals surface area contributed by atoms with Crippen molar-refractivity contribution in [3.63, 3.8) is 0 Å². The molecular weight excluding hydrogens is 338 g/mol. The molecule has 3 rings (SSSR count). The SMILES string of the molecule is C=C(c1ncnc(N)c1N)C1NC(CSc2ccccc2)C(O)C1O. The molecule has 0 saturated carbocycles. The second kappa shape index (κ2) is 7.40. The molecule has 2 aromatic rings. The number of aromatic nitrogens is 2. The van der Waals surface area contributed by atoms with Gasteiger partial charge in [-0.1, -0.05) is 24.8 Å². The third kappa shape index (κ3) is 3.62. The van der Waals surface area contributed by atoms with Gasteiger partial charge in [-0.25, -0.2) is 9.97 Å². The summed E-state index contributed by atoms with van der Waals surface area (Å²) in [7, 11) is 0. The summed E-state index contributed by atoms with van der Waals surface area (Å²) in [6.07, 6.45) is -0.630. The van der Waals surface area contributed by atoms with E-state index in [2.05, 4.69) is 21.9 Å². The zero-order chi connectivity index (χ0) is 18.0. The lowest BCUT2D eigenvalue weighted by molar-refractivity contribution is 0.0376. The molecular formula is C17H21N5O2S. The van der Waals surface area contributed by atoms with Crippen LogP contribution in [0, 0.1) is 0 Å². The van der Waals surface area contributed by atoms with E-state index in [1.165, 1.54) is 6.33 Å². The molecule has 1 aromatic heterocycles. The maximum absolute atomic E-state index is 10.4. The van der Waals surface area contributed by atoms with E-state index in [0.29, 0.717) is 17.0 Å². The number of nitrogens with zero attached hydrogens (tertiary/aromatic N) is 2. The van der Waals surface area contributed by atoms with Crippen molar-refractivity contribution in [2.45, 2.75) is 29.2 Å². The number of hydrogen-bond donors (Lipinski definition) is 5. The standard InChI is InChI=1S/C17H21N5O2S/c1-9(13-12(18)17(19)21-8-20-13)14-16(24)15(23)11(22-14)7-25-10-5-3-2-4-6-10/h2-6,8,11,14-16,22-24H,1,7,18H2,(H2,19,20,21). The summed E-state index contributed by atoms with van der Waals surface area (Å²) in [6, 6.07) is 9.03. The molecule has 2 heterocycles. The summed E-state index contributed by atoms with van der Waals surface area (Å²) >= 11 is 1.61. The minimum Gasteiger partial charge on any atom is -0.394 e. The van der Waals surface area contributed by atoms with Crippen LogP contribution in [-0.2, 0) is 0 Å². The molecule has 0 aliphatic carbocycles. The van der Waals surface area contributed by atoms with Gasteiger partial charge in [0, 0.05) is 16.7 Å². The molecule has 25 heavy (non-hydrogen) atoms. The zero-order valence-corrected chi connectivity index (χ0v) is 14.4. The van der Waals surface area contributed by atoms with Crippen molar-refractivity contribution < 1.29 is 10.2 Å². The van der Waals surface area contributed by atoms with Crippen molar-refractivity contribution in [1.82, 2.24) is 15.3 Å². The number of anilines is 2. The lowest BCUT2D eigenvalue weighted by atomic mass is 9.99. The molecule has 1 saturated heterocycles. The van der Waals surface area contributed by atoms with E-state index < -0.39 is 18.2 Å². The molecule has 8 heteroatoms. The zero-order valence-electron chi connectivity index (χ0n) is 13.5. The van der Waals surface area contributed by atoms with Gasteiger partial charge < -0.3 is 27.0 Å². The summed E-state index contributed by atoms with van der Waals surface area (Å²) in [6.45, 7) is 3.98. The number of rotatable bonds is 5. The Labute approximate surface area is 150 Å². The van der Waals surface area contributed by atoms with E-state index in [0.717, 1.165) is 4.90 Å². The number of nitrogen functional groups attached to an aromatic ring is 2. The minimum atomic E-state index is -1.01. The van der Waals surface area contributed by atoms with Crippen molar-refractivity contribution in [3.8, 4) is 0 Å². The first-order valence-corrected chi connectivity index (χ1v) is 8.82. The fourth-order valence-corrected chi connectivity index (χ4v) is 3.85. The van der Waals surface area contributed by atoms with Gasteiger partial charge in [0.25, 0.3) is 0 Å². The smallest absolute Gasteiger partial charge is 0.150 e. The second-order valence-electron chi connectivity index (χ2n) is 5.90. The van der Waals surface area contributed by atoms with Crippen LogP contribution >= 0.6 is 11.8 Å². The van der Waals surface area contributed by atoms with Crippen LogP contribution in [0.1, 0.15) is 5.69 Å². The summed E-state index contributed by atoms with van der Waals surface area (Å²) in [4.78, 5) is 9.03. The molecule has 0 spiro atoms. The highest BCUT2D eigenvalue weighted by Crippen LogP contribution is 2.31. The Bertz CT molecular complexity index is 758. The number of nitrogens with one attached hydrogen (secondary N) is 1. The normalized spacial score (nSPS) is 25.8. The second-order valence-corrected chi connectivity index (χ2v) is 7.00. The van der Waals surface area contributed by atoms with Crippen LogP contribution < -0.4 is 16.8 Å². The number of hydrogen-bond acceptors (Lipinski definition) is 8. The number of aliphatic hydroxyl groups is 2. The molecule has 1 aliphatic heterocycles. The van der Waals surface area contributed by atoms with E-state index in [-0.39, 0.29) is 17.5 Å². The Morgan fingerprint density at radius 3 is 2.60 bits per heavy atom. The van der Waals surface area contributed by atoms with Gasteiger partial charge in [0.15, 0.2) is 5.82 Å². The molecule has 1 fully saturated rings. The van der Waals surface area contributed by atoms with Crippen molar-refractivity contribution in [2.24, 2.45) is 0 Å². The van der Waals surface area contributed by atoms with Crippen LogP contribution in [0.25, 0.3) is 5.57 Å². The Morgan fingerprint density at radius 1 is 1.16 bits per heavy atom. The predicted octanol–water partition coefficient (Wildman–Crippen LogP) is 0.509. The van der Waals surface area contributed by atoms with Crippen LogP contribution in [0.15, 0.2) is 48.1 Å². The summed E-state index contributed by atoms with van der Waals surface area (Å²) in [5.74, 6) is 0.767. The van der Waals surface area contributed by atoms with E-state index in [1.54, 1.807) is 11.8 Å². The third-order valence-corrected chi connectivity index (χ3v) is 5.40. The van der Waals surface area contributed by atoms with E-state index in [9.17, 15) is 10.2 Å². The first kappa shape index (κ1) is 17.7. The van der Waals surface area contributed by atoms with E-state index in [4.69, 9.17) is 11.5 Å². The Morgan fingerprint density at radius 2 is 1.88 bits per heavy atom. The Hall–Kier alpha value is -2.13. The van der Waals surface area contributed by atoms with E-state index >= 15 is 0 Å². The highest BCUT2D eigenvalue weighted by molar-refractivity contribution is 7.99. The highest BCUT2D eigenvalue weighted by Gasteiger charge is 2.42. The van der Waals surface area contributed by atoms with Gasteiger partial charge in [0.2, 0.25) is 0 Å². The number of benzene rings is 1. The average molecular weight is 359 g/mol. The van der Waals surface area contributed by atoms with Gasteiger partial charge in [0.1, 0.15) is 18.1 Å². The summed E-state index contributed by atoms with van der Waals surface area (Å²) in [5, 5.41) is 24.0. The van der Waals surface area contributed by atoms with Crippen molar-refractivity contribution in [2.75, 3.05) is 17.2 Å². The van der Waals surface area contributed by atoms with Crippen LogP contribution in [0.2, 0.25) is 0 Å². The van der Waals surface area contributed by atoms with Gasteiger partial charge in [-0.05, 0) is 17.7 Å². The monoisotopic (exact) mass is 359 g/mol. The van der Waals surface area contributed by atoms with Crippen LogP contribution in [0.4, 0.5) is 11.5 Å². The highest BCUT2D eigenvalue weighted by atomic mass is 32.2. The maximum Gasteiger partial charge on any atom is 0.150 e. The van der Waals surface area contributed by atoms with Crippen molar-refractivity contribution >= 4 is 28.8 Å². The van der Waals surface area contributed by atoms with Crippen LogP contribution in [0.5, 0.6) is 0 Å². The van der Waals surface area contributed by atoms with E-state index in [1.807, 2.05) is 30.3 Å². The van der Waals surface area contributed by atoms with Crippen LogP contribution in [0.3, 0.4) is 0 Å². The van der Waals surface area contributed by atoms with Crippen LogP contribution in [-0.4, -0.2) is 50.2 Å². The Balaban J connectivity index is 1.71. The maximum atomic E-state index is 10.4. The first-order chi connectivity index (χ1) is 12.0. The van der Waals surface area contributed by atoms with Gasteiger partial charge in [-0.3, -0.25) is 0 Å². The largest absolute Gasteiger partial charge is 0.394 e. The third-order valence-electron chi connectivity index (χ3n) is 4.26. The average Bonchev–Trinajstić information content (AvgIpc) is 2.91. The number of aliphatic hydroxyl groups excluding tert-OH is 2. The molecule has 4 atom stereocenters. The van der Waals surface area contributed by atoms with Gasteiger partial charge in [-0.15, -0.1) is 11.8 Å². The molecule has 0 bridgehead atoms. The Kier molecular flexibility index (Phi) is 5.24. The van der Waals surface area contributed by atoms with Crippen molar-refractivity contribution in [1.29, 1.82) is 0 Å². The topological polar surface area (TPSA) is 130 Å². The molecule has 1 aromatic carbocycles. The molecule has 0 amide bonds. The van der Waals surface area contributed by atoms with Crippen molar-refractivity contribution in [3.05, 3.63) is 48.9 Å². The molecule has 4 unspecified atom stereocenters. The number of nitrogens with two attached hydrogens (primary N) is 2. The summed E-state index contributed by atoms with van der Waals surface area (Å²) in [5.41, 5.74) is 12.7. The quantitative estimate of drug-likeness (QED) is 0.488. The molecule has 7 N–H and O–H groups in total. The lowest BCUT2D eigenvalue weighted by Gasteiger charge is -2.19. The van der Waals surface area contributed by atoms with Gasteiger partial charge in [0.05, 0.1) is 17.8 Å². The predicted molar refractivity (Wildman–Crippen MR) is 99.8 cm³/mol. The molecule has 132 valence electrons. The number of thioether (sulfide) groups is 1. The lowest BCUT2D eigenvalue weighted by Crippen LogP contribution is -2.35. The fraction of sp³-hybridized carbons (Fsp3) is 0.294. The molecule has 7 nitrogen and oxygen atoms in total. The van der Waals surface area contributed by atoms with Gasteiger partial charge >= 0.3 is 0 Å². The fourth-order valence-electron chi connectivity index (χ4n) is 2.83. The molecule has 1 aliphatic rings.